The number of aromatic nitrogens is 4. The summed E-state index contributed by atoms with van der Waals surface area (Å²) in [5.74, 6) is -0.590. The standard InChI is InChI=1S/C23H28FN7O.4ClH/c1-3-10-31-11-4-5-14(12-31)19-13(2)20(30-23(26)29-19)21-17(32)7-6-16(28-21)15-8-9-27-22(25)18(15)24;;;;/h6-9,14,32H,3-5,10-12H2,1-2H3,(H2,25,27)(H2,26,29,30);4*1H. The minimum Gasteiger partial charge on any atom is -0.506 e. The lowest BCUT2D eigenvalue weighted by molar-refractivity contribution is 0.206. The Labute approximate surface area is 235 Å². The van der Waals surface area contributed by atoms with Gasteiger partial charge in [-0.15, -0.1) is 49.6 Å². The molecule has 8 nitrogen and oxygen atoms in total. The lowest BCUT2D eigenvalue weighted by Crippen LogP contribution is -2.35. The molecule has 1 atom stereocenters. The number of piperidine rings is 1. The summed E-state index contributed by atoms with van der Waals surface area (Å²) < 4.78 is 14.5. The second-order valence-corrected chi connectivity index (χ2v) is 8.20. The average Bonchev–Trinajstić information content (AvgIpc) is 2.78. The van der Waals surface area contributed by atoms with Crippen LogP contribution in [0.5, 0.6) is 5.75 Å². The molecule has 0 radical (unpaired) electrons. The molecule has 1 fully saturated rings. The molecule has 0 aromatic carbocycles. The molecule has 0 saturated carbocycles. The van der Waals surface area contributed by atoms with E-state index >= 15 is 0 Å². The summed E-state index contributed by atoms with van der Waals surface area (Å²) in [4.78, 5) is 19.7. The Morgan fingerprint density at radius 2 is 1.78 bits per heavy atom. The summed E-state index contributed by atoms with van der Waals surface area (Å²) >= 11 is 0. The topological polar surface area (TPSA) is 127 Å². The Kier molecular flexibility index (Phi) is 13.7. The van der Waals surface area contributed by atoms with Crippen molar-refractivity contribution >= 4 is 61.4 Å². The van der Waals surface area contributed by atoms with Crippen LogP contribution < -0.4 is 11.5 Å². The largest absolute Gasteiger partial charge is 0.506 e. The van der Waals surface area contributed by atoms with Crippen LogP contribution in [0.4, 0.5) is 16.2 Å². The summed E-state index contributed by atoms with van der Waals surface area (Å²) in [5, 5.41) is 10.6. The fourth-order valence-electron chi connectivity index (χ4n) is 4.41. The number of hydrogen-bond acceptors (Lipinski definition) is 8. The Morgan fingerprint density at radius 3 is 2.47 bits per heavy atom. The Hall–Kier alpha value is -2.17. The van der Waals surface area contributed by atoms with Crippen molar-refractivity contribution in [2.24, 2.45) is 0 Å². The zero-order valence-electron chi connectivity index (χ0n) is 20.0. The minimum absolute atomic E-state index is 0. The molecule has 200 valence electrons. The monoisotopic (exact) mass is 581 g/mol. The molecule has 36 heavy (non-hydrogen) atoms. The van der Waals surface area contributed by atoms with Gasteiger partial charge in [-0.1, -0.05) is 6.92 Å². The molecule has 1 unspecified atom stereocenters. The number of aromatic hydroxyl groups is 1. The van der Waals surface area contributed by atoms with E-state index in [0.717, 1.165) is 50.2 Å². The Balaban J connectivity index is 0.00000306. The van der Waals surface area contributed by atoms with Crippen molar-refractivity contribution in [2.45, 2.75) is 39.0 Å². The highest BCUT2D eigenvalue weighted by molar-refractivity contribution is 5.86. The molecule has 0 amide bonds. The number of nitrogens with zero attached hydrogens (tertiary/aromatic N) is 5. The highest BCUT2D eigenvalue weighted by Gasteiger charge is 2.26. The predicted molar refractivity (Wildman–Crippen MR) is 151 cm³/mol. The fourth-order valence-corrected chi connectivity index (χ4v) is 4.41. The van der Waals surface area contributed by atoms with Crippen molar-refractivity contribution in [1.29, 1.82) is 0 Å². The molecule has 1 aliphatic rings. The van der Waals surface area contributed by atoms with E-state index in [4.69, 9.17) is 11.5 Å². The molecule has 5 N–H and O–H groups in total. The third kappa shape index (κ3) is 6.98. The molecular weight excluding hydrogens is 551 g/mol. The molecule has 3 aromatic rings. The molecule has 0 bridgehead atoms. The maximum absolute atomic E-state index is 14.5. The summed E-state index contributed by atoms with van der Waals surface area (Å²) in [7, 11) is 0. The van der Waals surface area contributed by atoms with E-state index in [1.54, 1.807) is 0 Å². The van der Waals surface area contributed by atoms with Gasteiger partial charge in [-0.25, -0.2) is 24.3 Å². The highest BCUT2D eigenvalue weighted by atomic mass is 35.5. The lowest BCUT2D eigenvalue weighted by Gasteiger charge is -2.33. The third-order valence-electron chi connectivity index (χ3n) is 5.92. The van der Waals surface area contributed by atoms with E-state index in [1.807, 2.05) is 6.92 Å². The normalized spacial score (nSPS) is 15.0. The van der Waals surface area contributed by atoms with Crippen LogP contribution in [-0.4, -0.2) is 49.6 Å². The molecule has 4 rings (SSSR count). The van der Waals surface area contributed by atoms with E-state index in [2.05, 4.69) is 31.8 Å². The van der Waals surface area contributed by atoms with Gasteiger partial charge < -0.3 is 21.5 Å². The number of halogens is 5. The molecule has 0 aliphatic carbocycles. The van der Waals surface area contributed by atoms with Gasteiger partial charge in [-0.05, 0) is 63.0 Å². The van der Waals surface area contributed by atoms with Crippen LogP contribution >= 0.6 is 49.6 Å². The van der Waals surface area contributed by atoms with Crippen LogP contribution in [0.2, 0.25) is 0 Å². The minimum atomic E-state index is -0.658. The molecule has 0 spiro atoms. The quantitative estimate of drug-likeness (QED) is 0.375. The van der Waals surface area contributed by atoms with Crippen molar-refractivity contribution in [3.8, 4) is 28.4 Å². The SMILES string of the molecule is CCCN1CCCC(c2nc(N)nc(-c3nc(-c4ccnc(N)c4F)ccc3O)c2C)C1.Cl.Cl.Cl.Cl. The summed E-state index contributed by atoms with van der Waals surface area (Å²) in [6.45, 7) is 7.14. The smallest absolute Gasteiger partial charge is 0.220 e. The summed E-state index contributed by atoms with van der Waals surface area (Å²) in [5.41, 5.74) is 14.6. The molecule has 3 aromatic heterocycles. The zero-order valence-corrected chi connectivity index (χ0v) is 23.2. The first-order chi connectivity index (χ1) is 15.4. The van der Waals surface area contributed by atoms with Crippen LogP contribution in [0.15, 0.2) is 24.4 Å². The van der Waals surface area contributed by atoms with E-state index in [0.29, 0.717) is 11.4 Å². The van der Waals surface area contributed by atoms with Gasteiger partial charge in [0.25, 0.3) is 0 Å². The first-order valence-corrected chi connectivity index (χ1v) is 10.9. The van der Waals surface area contributed by atoms with Crippen LogP contribution in [0.3, 0.4) is 0 Å². The first-order valence-electron chi connectivity index (χ1n) is 10.9. The first kappa shape index (κ1) is 33.8. The van der Waals surface area contributed by atoms with Gasteiger partial charge in [-0.3, -0.25) is 0 Å². The van der Waals surface area contributed by atoms with Gasteiger partial charge in [0, 0.05) is 24.2 Å². The predicted octanol–water partition coefficient (Wildman–Crippen LogP) is 5.19. The summed E-state index contributed by atoms with van der Waals surface area (Å²) in [6.07, 6.45) is 4.62. The van der Waals surface area contributed by atoms with Crippen LogP contribution in [0, 0.1) is 12.7 Å². The molecular formula is C23H32Cl4FN7O. The Morgan fingerprint density at radius 1 is 1.06 bits per heavy atom. The van der Waals surface area contributed by atoms with E-state index in [9.17, 15) is 9.50 Å². The number of hydrogen-bond donors (Lipinski definition) is 3. The Bertz CT molecular complexity index is 1150. The number of rotatable bonds is 5. The zero-order chi connectivity index (χ0) is 22.8. The molecule has 4 heterocycles. The van der Waals surface area contributed by atoms with Crippen molar-refractivity contribution in [2.75, 3.05) is 31.1 Å². The van der Waals surface area contributed by atoms with E-state index in [1.165, 1.54) is 24.4 Å². The lowest BCUT2D eigenvalue weighted by atomic mass is 9.91. The van der Waals surface area contributed by atoms with Gasteiger partial charge in [0.1, 0.15) is 17.1 Å². The van der Waals surface area contributed by atoms with Crippen molar-refractivity contribution in [3.63, 3.8) is 0 Å². The van der Waals surface area contributed by atoms with Gasteiger partial charge in [0.15, 0.2) is 11.6 Å². The summed E-state index contributed by atoms with van der Waals surface area (Å²) in [6, 6.07) is 4.49. The van der Waals surface area contributed by atoms with Gasteiger partial charge in [0.2, 0.25) is 5.95 Å². The van der Waals surface area contributed by atoms with Crippen molar-refractivity contribution in [3.05, 3.63) is 41.5 Å². The maximum atomic E-state index is 14.5. The van der Waals surface area contributed by atoms with E-state index < -0.39 is 5.82 Å². The fraction of sp³-hybridized carbons (Fsp3) is 0.391. The highest BCUT2D eigenvalue weighted by Crippen LogP contribution is 2.36. The third-order valence-corrected chi connectivity index (χ3v) is 5.92. The van der Waals surface area contributed by atoms with E-state index in [-0.39, 0.29) is 84.3 Å². The van der Waals surface area contributed by atoms with Gasteiger partial charge in [-0.2, -0.15) is 0 Å². The van der Waals surface area contributed by atoms with Crippen molar-refractivity contribution < 1.29 is 9.50 Å². The van der Waals surface area contributed by atoms with Crippen LogP contribution in [0.1, 0.15) is 43.4 Å². The number of anilines is 2. The van der Waals surface area contributed by atoms with Gasteiger partial charge in [0.05, 0.1) is 11.4 Å². The number of pyridine rings is 2. The molecule has 13 heteroatoms. The molecule has 1 aliphatic heterocycles. The maximum Gasteiger partial charge on any atom is 0.220 e. The second-order valence-electron chi connectivity index (χ2n) is 8.20. The number of nitrogens with two attached hydrogens (primary N) is 2. The number of nitrogen functional groups attached to an aromatic ring is 2. The second kappa shape index (κ2) is 14.5. The van der Waals surface area contributed by atoms with Gasteiger partial charge >= 0.3 is 0 Å². The van der Waals surface area contributed by atoms with Crippen molar-refractivity contribution in [1.82, 2.24) is 24.8 Å². The molecule has 1 saturated heterocycles. The number of likely N-dealkylation sites (tertiary alicyclic amines) is 1. The van der Waals surface area contributed by atoms with Crippen LogP contribution in [-0.2, 0) is 0 Å². The average molecular weight is 583 g/mol. The van der Waals surface area contributed by atoms with Crippen LogP contribution in [0.25, 0.3) is 22.6 Å².